The molecule has 4 N–H and O–H groups in total. The molecule has 10 heteroatoms. The highest BCUT2D eigenvalue weighted by Gasteiger charge is 2.31. The molecule has 0 spiro atoms. The van der Waals surface area contributed by atoms with E-state index in [9.17, 15) is 18.0 Å². The van der Waals surface area contributed by atoms with Crippen molar-refractivity contribution in [3.8, 4) is 0 Å². The van der Waals surface area contributed by atoms with Crippen LogP contribution in [0.5, 0.6) is 0 Å². The second-order valence-corrected chi connectivity index (χ2v) is 9.28. The molecule has 2 aliphatic heterocycles. The van der Waals surface area contributed by atoms with Crippen molar-refractivity contribution in [2.75, 3.05) is 44.2 Å². The number of rotatable bonds is 7. The molecule has 2 aliphatic rings. The molecule has 2 heterocycles. The normalized spacial score (nSPS) is 19.1. The number of carbonyl (C=O) groups excluding carboxylic acids is 2. The van der Waals surface area contributed by atoms with Gasteiger partial charge in [0.25, 0.3) is 0 Å². The first kappa shape index (κ1) is 22.7. The maximum Gasteiger partial charge on any atom is 0.242 e. The van der Waals surface area contributed by atoms with E-state index in [2.05, 4.69) is 10.0 Å². The zero-order valence-corrected chi connectivity index (χ0v) is 18.2. The molecule has 0 bridgehead atoms. The third-order valence-corrected chi connectivity index (χ3v) is 7.18. The Labute approximate surface area is 178 Å². The summed E-state index contributed by atoms with van der Waals surface area (Å²) in [7, 11) is -4.01. The lowest BCUT2D eigenvalue weighted by Gasteiger charge is -2.31. The fourth-order valence-electron chi connectivity index (χ4n) is 4.03. The second-order valence-electron chi connectivity index (χ2n) is 7.59. The van der Waals surface area contributed by atoms with E-state index in [-0.39, 0.29) is 23.3 Å². The molecule has 166 valence electrons. The number of benzene rings is 1. The van der Waals surface area contributed by atoms with Crippen molar-refractivity contribution in [3.05, 3.63) is 23.8 Å². The minimum atomic E-state index is -4.01. The quantitative estimate of drug-likeness (QED) is 0.543. The van der Waals surface area contributed by atoms with Crippen LogP contribution in [-0.4, -0.2) is 70.4 Å². The lowest BCUT2D eigenvalue weighted by Crippen LogP contribution is -2.56. The third kappa shape index (κ3) is 4.83. The highest BCUT2D eigenvalue weighted by atomic mass is 32.2. The molecule has 2 amide bonds. The van der Waals surface area contributed by atoms with Gasteiger partial charge in [-0.3, -0.25) is 9.59 Å². The summed E-state index contributed by atoms with van der Waals surface area (Å²) in [4.78, 5) is 28.6. The Bertz CT molecular complexity index is 883. The topological polar surface area (TPSA) is 125 Å². The minimum Gasteiger partial charge on any atom is -0.339 e. The number of sulfonamides is 1. The summed E-state index contributed by atoms with van der Waals surface area (Å²) in [5.41, 5.74) is 6.96. The number of carbonyl (C=O) groups is 2. The average Bonchev–Trinajstić information content (AvgIpc) is 2.77. The molecule has 0 unspecified atom stereocenters. The van der Waals surface area contributed by atoms with Crippen LogP contribution < -0.4 is 20.7 Å². The van der Waals surface area contributed by atoms with Crippen LogP contribution in [0.2, 0.25) is 0 Å². The Morgan fingerprint density at radius 3 is 2.60 bits per heavy atom. The SMILES string of the molecule is CCc1c(N2CCCCC2=O)cccc1S(=O)(=O)N[C@@H](CN)C(=O)N1CCNCC1. The van der Waals surface area contributed by atoms with Gasteiger partial charge in [0.2, 0.25) is 21.8 Å². The Balaban J connectivity index is 1.88. The summed E-state index contributed by atoms with van der Waals surface area (Å²) in [5.74, 6) is -0.310. The van der Waals surface area contributed by atoms with Crippen molar-refractivity contribution in [2.45, 2.75) is 43.5 Å². The summed E-state index contributed by atoms with van der Waals surface area (Å²) in [6, 6.07) is 3.91. The third-order valence-electron chi connectivity index (χ3n) is 5.63. The highest BCUT2D eigenvalue weighted by Crippen LogP contribution is 2.30. The maximum absolute atomic E-state index is 13.2. The number of nitrogens with zero attached hydrogens (tertiary/aromatic N) is 2. The first-order chi connectivity index (χ1) is 14.4. The van der Waals surface area contributed by atoms with E-state index in [0.29, 0.717) is 56.8 Å². The standard InChI is InChI=1S/C20H31N5O4S/c1-2-15-17(25-11-4-3-8-19(25)26)6-5-7-18(15)30(28,29)23-16(14-21)20(27)24-12-9-22-10-13-24/h5-7,16,22-23H,2-4,8-14,21H2,1H3/t16-/m0/s1. The number of hydrogen-bond donors (Lipinski definition) is 3. The van der Waals surface area contributed by atoms with Gasteiger partial charge in [-0.25, -0.2) is 8.42 Å². The molecule has 0 radical (unpaired) electrons. The van der Waals surface area contributed by atoms with Crippen LogP contribution in [0.4, 0.5) is 5.69 Å². The van der Waals surface area contributed by atoms with E-state index in [1.165, 1.54) is 6.07 Å². The molecule has 1 atom stereocenters. The van der Waals surface area contributed by atoms with Gasteiger partial charge in [-0.05, 0) is 37.0 Å². The van der Waals surface area contributed by atoms with E-state index < -0.39 is 16.1 Å². The lowest BCUT2D eigenvalue weighted by molar-refractivity contribution is -0.133. The lowest BCUT2D eigenvalue weighted by atomic mass is 10.1. The van der Waals surface area contributed by atoms with Gasteiger partial charge in [0.1, 0.15) is 6.04 Å². The van der Waals surface area contributed by atoms with Gasteiger partial charge < -0.3 is 20.9 Å². The van der Waals surface area contributed by atoms with Gasteiger partial charge >= 0.3 is 0 Å². The van der Waals surface area contributed by atoms with Gasteiger partial charge in [0, 0.05) is 51.4 Å². The summed E-state index contributed by atoms with van der Waals surface area (Å²) < 4.78 is 29.0. The fourth-order valence-corrected chi connectivity index (χ4v) is 5.56. The number of nitrogens with two attached hydrogens (primary N) is 1. The first-order valence-electron chi connectivity index (χ1n) is 10.5. The molecule has 1 aromatic carbocycles. The number of amides is 2. The highest BCUT2D eigenvalue weighted by molar-refractivity contribution is 7.89. The Morgan fingerprint density at radius 2 is 1.97 bits per heavy atom. The molecule has 2 saturated heterocycles. The monoisotopic (exact) mass is 437 g/mol. The second kappa shape index (κ2) is 9.86. The van der Waals surface area contributed by atoms with Crippen molar-refractivity contribution >= 4 is 27.5 Å². The molecule has 30 heavy (non-hydrogen) atoms. The van der Waals surface area contributed by atoms with Crippen LogP contribution >= 0.6 is 0 Å². The van der Waals surface area contributed by atoms with Crippen LogP contribution in [0.15, 0.2) is 23.1 Å². The van der Waals surface area contributed by atoms with Crippen molar-refractivity contribution in [2.24, 2.45) is 5.73 Å². The first-order valence-corrected chi connectivity index (χ1v) is 12.0. The molecule has 0 aromatic heterocycles. The van der Waals surface area contributed by atoms with Crippen LogP contribution in [0.1, 0.15) is 31.7 Å². The van der Waals surface area contributed by atoms with Crippen LogP contribution in [-0.2, 0) is 26.0 Å². The Morgan fingerprint density at radius 1 is 1.23 bits per heavy atom. The molecular formula is C20H31N5O4S. The van der Waals surface area contributed by atoms with E-state index >= 15 is 0 Å². The minimum absolute atomic E-state index is 0.00665. The van der Waals surface area contributed by atoms with Crippen LogP contribution in [0.25, 0.3) is 0 Å². The van der Waals surface area contributed by atoms with E-state index in [0.717, 1.165) is 12.8 Å². The van der Waals surface area contributed by atoms with E-state index in [4.69, 9.17) is 5.73 Å². The fraction of sp³-hybridized carbons (Fsp3) is 0.600. The zero-order valence-electron chi connectivity index (χ0n) is 17.4. The zero-order chi connectivity index (χ0) is 21.7. The average molecular weight is 438 g/mol. The molecule has 3 rings (SSSR count). The van der Waals surface area contributed by atoms with Gasteiger partial charge in [0.05, 0.1) is 4.90 Å². The number of nitrogens with one attached hydrogen (secondary N) is 2. The Kier molecular flexibility index (Phi) is 7.45. The molecule has 0 saturated carbocycles. The van der Waals surface area contributed by atoms with E-state index in [1.807, 2.05) is 6.92 Å². The molecular weight excluding hydrogens is 406 g/mol. The molecule has 2 fully saturated rings. The van der Waals surface area contributed by atoms with Crippen molar-refractivity contribution in [3.63, 3.8) is 0 Å². The van der Waals surface area contributed by atoms with Crippen LogP contribution in [0.3, 0.4) is 0 Å². The molecule has 0 aliphatic carbocycles. The number of piperidine rings is 1. The van der Waals surface area contributed by atoms with Crippen molar-refractivity contribution in [1.29, 1.82) is 0 Å². The van der Waals surface area contributed by atoms with Crippen molar-refractivity contribution in [1.82, 2.24) is 14.9 Å². The van der Waals surface area contributed by atoms with Crippen molar-refractivity contribution < 1.29 is 18.0 Å². The largest absolute Gasteiger partial charge is 0.339 e. The predicted octanol–water partition coefficient (Wildman–Crippen LogP) is -0.197. The smallest absolute Gasteiger partial charge is 0.242 e. The van der Waals surface area contributed by atoms with Gasteiger partial charge in [-0.15, -0.1) is 0 Å². The molecule has 1 aromatic rings. The Hall–Kier alpha value is -2.01. The van der Waals surface area contributed by atoms with E-state index in [1.54, 1.807) is 21.9 Å². The maximum atomic E-state index is 13.2. The summed E-state index contributed by atoms with van der Waals surface area (Å²) in [6.45, 7) is 4.68. The van der Waals surface area contributed by atoms with Gasteiger partial charge in [-0.2, -0.15) is 4.72 Å². The van der Waals surface area contributed by atoms with Crippen LogP contribution in [0, 0.1) is 0 Å². The number of hydrogen-bond acceptors (Lipinski definition) is 6. The molecule has 9 nitrogen and oxygen atoms in total. The summed E-state index contributed by atoms with van der Waals surface area (Å²) in [5, 5.41) is 3.16. The van der Waals surface area contributed by atoms with Gasteiger partial charge in [0.15, 0.2) is 0 Å². The summed E-state index contributed by atoms with van der Waals surface area (Å²) >= 11 is 0. The summed E-state index contributed by atoms with van der Waals surface area (Å²) in [6.07, 6.45) is 2.64. The number of anilines is 1. The predicted molar refractivity (Wildman–Crippen MR) is 115 cm³/mol. The van der Waals surface area contributed by atoms with Gasteiger partial charge in [-0.1, -0.05) is 13.0 Å². The number of piperazine rings is 1.